The second-order valence-corrected chi connectivity index (χ2v) is 5.15. The average molecular weight is 399 g/mol. The molecule has 2 aromatic rings. The molecule has 0 amide bonds. The van der Waals surface area contributed by atoms with Crippen LogP contribution in [0, 0.1) is 0 Å². The van der Waals surface area contributed by atoms with E-state index in [1.54, 1.807) is 0 Å². The molecule has 0 N–H and O–H groups in total. The van der Waals surface area contributed by atoms with Crippen molar-refractivity contribution in [2.75, 3.05) is 0 Å². The summed E-state index contributed by atoms with van der Waals surface area (Å²) in [5.74, 6) is -0.556. The van der Waals surface area contributed by atoms with Gasteiger partial charge in [0.15, 0.2) is 0 Å². The zero-order valence-corrected chi connectivity index (χ0v) is 12.9. The van der Waals surface area contributed by atoms with Crippen LogP contribution in [0.5, 0.6) is 5.75 Å². The maximum absolute atomic E-state index is 12.9. The van der Waals surface area contributed by atoms with E-state index >= 15 is 0 Å². The number of ether oxygens (including phenoxy) is 1. The van der Waals surface area contributed by atoms with Crippen LogP contribution in [0.15, 0.2) is 42.5 Å². The zero-order chi connectivity index (χ0) is 17.3. The summed E-state index contributed by atoms with van der Waals surface area (Å²) in [4.78, 5) is 0. The minimum absolute atomic E-state index is 0.00544. The van der Waals surface area contributed by atoms with Crippen molar-refractivity contribution in [3.05, 3.63) is 53.6 Å². The summed E-state index contributed by atoms with van der Waals surface area (Å²) in [7, 11) is 0. The fourth-order valence-electron chi connectivity index (χ4n) is 2.01. The van der Waals surface area contributed by atoms with Gasteiger partial charge in [-0.05, 0) is 29.3 Å². The summed E-state index contributed by atoms with van der Waals surface area (Å²) in [5.41, 5.74) is -0.727. The Kier molecular flexibility index (Phi) is 4.93. The van der Waals surface area contributed by atoms with Crippen molar-refractivity contribution >= 4 is 15.9 Å². The summed E-state index contributed by atoms with van der Waals surface area (Å²) < 4.78 is 80.1. The smallest absolute Gasteiger partial charge is 0.405 e. The van der Waals surface area contributed by atoms with Crippen molar-refractivity contribution in [1.82, 2.24) is 0 Å². The van der Waals surface area contributed by atoms with E-state index in [1.165, 1.54) is 24.3 Å². The molecule has 0 saturated carbocycles. The van der Waals surface area contributed by atoms with Gasteiger partial charge in [-0.1, -0.05) is 40.2 Å². The summed E-state index contributed by atoms with van der Waals surface area (Å²) in [5, 5.41) is 0.131. The molecule has 2 rings (SSSR count). The molecule has 0 unspecified atom stereocenters. The van der Waals surface area contributed by atoms with Gasteiger partial charge in [-0.15, -0.1) is 13.2 Å². The van der Waals surface area contributed by atoms with Gasteiger partial charge in [0, 0.05) is 10.9 Å². The maximum atomic E-state index is 12.9. The first-order valence-corrected chi connectivity index (χ1v) is 7.34. The number of rotatable bonds is 3. The quantitative estimate of drug-likeness (QED) is 0.444. The number of hydrogen-bond acceptors (Lipinski definition) is 1. The van der Waals surface area contributed by atoms with E-state index < -0.39 is 23.9 Å². The predicted octanol–water partition coefficient (Wildman–Crippen LogP) is 6.17. The van der Waals surface area contributed by atoms with Crippen LogP contribution in [0.1, 0.15) is 11.1 Å². The highest BCUT2D eigenvalue weighted by Gasteiger charge is 2.33. The van der Waals surface area contributed by atoms with E-state index in [1.807, 2.05) is 0 Å². The maximum Gasteiger partial charge on any atom is 0.573 e. The molecule has 1 nitrogen and oxygen atoms in total. The van der Waals surface area contributed by atoms with Crippen LogP contribution in [0.4, 0.5) is 26.3 Å². The third kappa shape index (κ3) is 4.63. The van der Waals surface area contributed by atoms with Gasteiger partial charge in [-0.25, -0.2) is 0 Å². The Morgan fingerprint density at radius 1 is 0.913 bits per heavy atom. The molecule has 0 spiro atoms. The molecule has 0 atom stereocenters. The molecule has 0 aliphatic carbocycles. The lowest BCUT2D eigenvalue weighted by atomic mass is 9.99. The van der Waals surface area contributed by atoms with Crippen molar-refractivity contribution in [3.8, 4) is 16.9 Å². The van der Waals surface area contributed by atoms with Crippen molar-refractivity contribution in [1.29, 1.82) is 0 Å². The molecular weight excluding hydrogens is 390 g/mol. The molecule has 0 aliphatic rings. The summed E-state index contributed by atoms with van der Waals surface area (Å²) in [6.07, 6.45) is -9.54. The molecule has 8 heteroatoms. The summed E-state index contributed by atoms with van der Waals surface area (Å²) in [6.45, 7) is 0. The molecule has 124 valence electrons. The second kappa shape index (κ2) is 6.43. The first-order valence-electron chi connectivity index (χ1n) is 6.22. The topological polar surface area (TPSA) is 9.23 Å². The first-order chi connectivity index (χ1) is 10.6. The van der Waals surface area contributed by atoms with Gasteiger partial charge < -0.3 is 4.74 Å². The third-order valence-corrected chi connectivity index (χ3v) is 3.55. The van der Waals surface area contributed by atoms with Crippen LogP contribution in [0.2, 0.25) is 0 Å². The van der Waals surface area contributed by atoms with E-state index in [4.69, 9.17) is 0 Å². The van der Waals surface area contributed by atoms with Gasteiger partial charge in [0.1, 0.15) is 5.75 Å². The highest BCUT2D eigenvalue weighted by molar-refractivity contribution is 9.08. The molecule has 0 aliphatic heterocycles. The van der Waals surface area contributed by atoms with Crippen LogP contribution < -0.4 is 4.74 Å². The average Bonchev–Trinajstić information content (AvgIpc) is 2.44. The van der Waals surface area contributed by atoms with Crippen LogP contribution in [0.3, 0.4) is 0 Å². The molecule has 0 heterocycles. The molecule has 0 fully saturated rings. The molecule has 0 radical (unpaired) electrons. The van der Waals surface area contributed by atoms with Gasteiger partial charge in [0.2, 0.25) is 0 Å². The van der Waals surface area contributed by atoms with Gasteiger partial charge >= 0.3 is 12.5 Å². The Morgan fingerprint density at radius 3 is 2.13 bits per heavy atom. The Hall–Kier alpha value is -1.70. The Bertz CT molecular complexity index is 693. The molecule has 0 bridgehead atoms. The molecule has 23 heavy (non-hydrogen) atoms. The van der Waals surface area contributed by atoms with Crippen molar-refractivity contribution < 1.29 is 31.1 Å². The lowest BCUT2D eigenvalue weighted by Crippen LogP contribution is -2.17. The predicted molar refractivity (Wildman–Crippen MR) is 76.2 cm³/mol. The highest BCUT2D eigenvalue weighted by atomic mass is 79.9. The molecule has 0 saturated heterocycles. The molecule has 0 aromatic heterocycles. The number of para-hydroxylation sites is 1. The monoisotopic (exact) mass is 398 g/mol. The van der Waals surface area contributed by atoms with Gasteiger partial charge in [-0.2, -0.15) is 13.2 Å². The Morgan fingerprint density at radius 2 is 1.57 bits per heavy atom. The normalized spacial score (nSPS) is 12.3. The second-order valence-electron chi connectivity index (χ2n) is 4.59. The van der Waals surface area contributed by atoms with Crippen LogP contribution in [-0.4, -0.2) is 6.36 Å². The fourth-order valence-corrected chi connectivity index (χ4v) is 2.33. The fraction of sp³-hybridized carbons (Fsp3) is 0.200. The largest absolute Gasteiger partial charge is 0.573 e. The molecular formula is C15H9BrF6O. The van der Waals surface area contributed by atoms with E-state index in [-0.39, 0.29) is 22.0 Å². The number of alkyl halides is 7. The van der Waals surface area contributed by atoms with E-state index in [2.05, 4.69) is 20.7 Å². The van der Waals surface area contributed by atoms with E-state index in [0.29, 0.717) is 0 Å². The zero-order valence-electron chi connectivity index (χ0n) is 11.3. The number of benzene rings is 2. The summed E-state index contributed by atoms with van der Waals surface area (Å²) >= 11 is 3.05. The highest BCUT2D eigenvalue weighted by Crippen LogP contribution is 2.38. The van der Waals surface area contributed by atoms with Gasteiger partial charge in [0.05, 0.1) is 5.56 Å². The van der Waals surface area contributed by atoms with Crippen molar-refractivity contribution in [2.24, 2.45) is 0 Å². The van der Waals surface area contributed by atoms with Crippen LogP contribution in [-0.2, 0) is 11.5 Å². The Labute approximate surface area is 136 Å². The molecule has 2 aromatic carbocycles. The number of halogens is 7. The van der Waals surface area contributed by atoms with Crippen LogP contribution >= 0.6 is 15.9 Å². The SMILES string of the molecule is FC(F)(F)Oc1ccccc1-c1cc(CBr)cc(C(F)(F)F)c1. The minimum Gasteiger partial charge on any atom is -0.405 e. The Balaban J connectivity index is 2.58. The van der Waals surface area contributed by atoms with Gasteiger partial charge in [-0.3, -0.25) is 0 Å². The lowest BCUT2D eigenvalue weighted by molar-refractivity contribution is -0.274. The van der Waals surface area contributed by atoms with Gasteiger partial charge in [0.25, 0.3) is 0 Å². The van der Waals surface area contributed by atoms with Crippen LogP contribution in [0.25, 0.3) is 11.1 Å². The van der Waals surface area contributed by atoms with Crippen molar-refractivity contribution in [3.63, 3.8) is 0 Å². The third-order valence-electron chi connectivity index (χ3n) is 2.90. The first kappa shape index (κ1) is 17.7. The minimum atomic E-state index is -4.93. The van der Waals surface area contributed by atoms with Crippen molar-refractivity contribution in [2.45, 2.75) is 17.9 Å². The van der Waals surface area contributed by atoms with E-state index in [9.17, 15) is 26.3 Å². The summed E-state index contributed by atoms with van der Waals surface area (Å²) in [6, 6.07) is 8.17. The lowest BCUT2D eigenvalue weighted by Gasteiger charge is -2.15. The number of hydrogen-bond donors (Lipinski definition) is 0. The standard InChI is InChI=1S/C15H9BrF6O/c16-8-9-5-10(7-11(6-9)14(17,18)19)12-3-1-2-4-13(12)23-15(20,21)22/h1-7H,8H2. The van der Waals surface area contributed by atoms with E-state index in [0.717, 1.165) is 18.2 Å².